The van der Waals surface area contributed by atoms with E-state index < -0.39 is 0 Å². The van der Waals surface area contributed by atoms with E-state index in [1.807, 2.05) is 10.1 Å². The first kappa shape index (κ1) is 8.40. The Labute approximate surface area is 78.3 Å². The molecule has 1 aliphatic rings. The third kappa shape index (κ3) is 2.50. The molecule has 0 saturated heterocycles. The Balaban J connectivity index is 2.14. The summed E-state index contributed by atoms with van der Waals surface area (Å²) in [5.41, 5.74) is 0. The topological polar surface area (TPSA) is 6.48 Å². The van der Waals surface area contributed by atoms with Crippen LogP contribution in [-0.4, -0.2) is 27.4 Å². The summed E-state index contributed by atoms with van der Waals surface area (Å²) in [4.78, 5) is 2.26. The predicted octanol–water partition coefficient (Wildman–Crippen LogP) is 2.13. The van der Waals surface area contributed by atoms with Gasteiger partial charge in [-0.25, -0.2) is 0 Å². The van der Waals surface area contributed by atoms with Crippen molar-refractivity contribution in [2.24, 2.45) is 0 Å². The second kappa shape index (κ2) is 4.23. The molecule has 1 heterocycles. The molecular formula is C6H10Br2N2. The lowest BCUT2D eigenvalue weighted by Crippen LogP contribution is -2.20. The Kier molecular flexibility index (Phi) is 3.56. The third-order valence-electron chi connectivity index (χ3n) is 1.33. The molecule has 0 aliphatic carbocycles. The fourth-order valence-electron chi connectivity index (χ4n) is 0.843. The fourth-order valence-corrected chi connectivity index (χ4v) is 1.49. The first-order chi connectivity index (χ1) is 4.83. The van der Waals surface area contributed by atoms with E-state index in [1.54, 1.807) is 0 Å². The molecule has 0 N–H and O–H groups in total. The van der Waals surface area contributed by atoms with Crippen LogP contribution in [0.4, 0.5) is 0 Å². The minimum Gasteiger partial charge on any atom is -0.358 e. The zero-order valence-corrected chi connectivity index (χ0v) is 8.81. The molecule has 0 bridgehead atoms. The molecule has 58 valence electrons. The highest BCUT2D eigenvalue weighted by atomic mass is 79.9. The summed E-state index contributed by atoms with van der Waals surface area (Å²) in [5.74, 6) is 0. The maximum absolute atomic E-state index is 3.40. The van der Waals surface area contributed by atoms with Gasteiger partial charge >= 0.3 is 0 Å². The van der Waals surface area contributed by atoms with Crippen LogP contribution < -0.4 is 0 Å². The summed E-state index contributed by atoms with van der Waals surface area (Å²) < 4.78 is 1.99. The number of hydrogen-bond donors (Lipinski definition) is 0. The maximum atomic E-state index is 3.40. The van der Waals surface area contributed by atoms with Crippen molar-refractivity contribution in [3.63, 3.8) is 0 Å². The molecule has 4 heteroatoms. The number of nitrogens with zero attached hydrogens (tertiary/aromatic N) is 2. The van der Waals surface area contributed by atoms with Gasteiger partial charge in [-0.2, -0.15) is 0 Å². The first-order valence-electron chi connectivity index (χ1n) is 3.23. The van der Waals surface area contributed by atoms with Crippen molar-refractivity contribution in [3.8, 4) is 0 Å². The minimum atomic E-state index is 0.965. The molecule has 0 radical (unpaired) electrons. The Morgan fingerprint density at radius 3 is 2.70 bits per heavy atom. The molecule has 0 amide bonds. The molecule has 0 spiro atoms. The van der Waals surface area contributed by atoms with Gasteiger partial charge in [0.25, 0.3) is 0 Å². The van der Waals surface area contributed by atoms with Crippen molar-refractivity contribution in [1.82, 2.24) is 8.83 Å². The van der Waals surface area contributed by atoms with Gasteiger partial charge in [-0.15, -0.1) is 0 Å². The number of alkyl halides is 1. The summed E-state index contributed by atoms with van der Waals surface area (Å²) in [7, 11) is 0. The Bertz CT molecular complexity index is 127. The van der Waals surface area contributed by atoms with Gasteiger partial charge < -0.3 is 4.90 Å². The van der Waals surface area contributed by atoms with Crippen molar-refractivity contribution in [3.05, 3.63) is 12.4 Å². The summed E-state index contributed by atoms with van der Waals surface area (Å²) in [6, 6.07) is 0. The largest absolute Gasteiger partial charge is 0.358 e. The number of rotatable bonds is 3. The van der Waals surface area contributed by atoms with Gasteiger partial charge in [0.1, 0.15) is 6.67 Å². The lowest BCUT2D eigenvalue weighted by molar-refractivity contribution is 0.352. The molecule has 1 aliphatic heterocycles. The average Bonchev–Trinajstić information content (AvgIpc) is 2.31. The minimum absolute atomic E-state index is 0.965. The van der Waals surface area contributed by atoms with Crippen molar-refractivity contribution < 1.29 is 0 Å². The zero-order chi connectivity index (χ0) is 7.40. The second-order valence-corrected chi connectivity index (χ2v) is 3.90. The fraction of sp³-hybridized carbons (Fsp3) is 0.667. The third-order valence-corrected chi connectivity index (χ3v) is 2.36. The van der Waals surface area contributed by atoms with Crippen molar-refractivity contribution in [1.29, 1.82) is 0 Å². The predicted molar refractivity (Wildman–Crippen MR) is 49.9 cm³/mol. The standard InChI is InChI=1S/C6H10Br2N2/c7-2-1-3-9-4-5-10(8)6-9/h4-5H,1-3,6H2. The van der Waals surface area contributed by atoms with E-state index in [1.165, 1.54) is 6.42 Å². The molecule has 0 unspecified atom stereocenters. The van der Waals surface area contributed by atoms with Gasteiger partial charge in [-0.3, -0.25) is 3.93 Å². The molecule has 10 heavy (non-hydrogen) atoms. The molecule has 0 aromatic heterocycles. The van der Waals surface area contributed by atoms with E-state index in [-0.39, 0.29) is 0 Å². The van der Waals surface area contributed by atoms with Crippen LogP contribution in [0.2, 0.25) is 0 Å². The summed E-state index contributed by atoms with van der Waals surface area (Å²) in [6.07, 6.45) is 5.32. The molecular weight excluding hydrogens is 260 g/mol. The van der Waals surface area contributed by atoms with E-state index in [0.29, 0.717) is 0 Å². The Hall–Kier alpha value is 0.300. The molecule has 2 nitrogen and oxygen atoms in total. The highest BCUT2D eigenvalue weighted by Gasteiger charge is 2.07. The molecule has 0 fully saturated rings. The summed E-state index contributed by atoms with van der Waals surface area (Å²) >= 11 is 6.76. The Morgan fingerprint density at radius 2 is 2.20 bits per heavy atom. The average molecular weight is 270 g/mol. The highest BCUT2D eigenvalue weighted by molar-refractivity contribution is 9.09. The monoisotopic (exact) mass is 268 g/mol. The van der Waals surface area contributed by atoms with Gasteiger partial charge in [0, 0.05) is 24.3 Å². The lowest BCUT2D eigenvalue weighted by atomic mass is 10.4. The quantitative estimate of drug-likeness (QED) is 0.572. The van der Waals surface area contributed by atoms with Gasteiger partial charge in [0.2, 0.25) is 0 Å². The zero-order valence-electron chi connectivity index (χ0n) is 5.63. The van der Waals surface area contributed by atoms with Gasteiger partial charge in [-0.05, 0) is 6.42 Å². The number of halogens is 2. The normalized spacial score (nSPS) is 17.0. The molecule has 1 rings (SSSR count). The molecule has 0 saturated carbocycles. The van der Waals surface area contributed by atoms with Crippen molar-refractivity contribution in [2.45, 2.75) is 6.42 Å². The Morgan fingerprint density at radius 1 is 1.40 bits per heavy atom. The van der Waals surface area contributed by atoms with E-state index in [9.17, 15) is 0 Å². The van der Waals surface area contributed by atoms with E-state index in [4.69, 9.17) is 0 Å². The number of hydrogen-bond acceptors (Lipinski definition) is 2. The van der Waals surface area contributed by atoms with Gasteiger partial charge in [0.05, 0.1) is 16.1 Å². The van der Waals surface area contributed by atoms with E-state index >= 15 is 0 Å². The van der Waals surface area contributed by atoms with E-state index in [0.717, 1.165) is 18.5 Å². The van der Waals surface area contributed by atoms with E-state index in [2.05, 4.69) is 43.2 Å². The SMILES string of the molecule is BrCCCN1C=CN(Br)C1. The van der Waals surface area contributed by atoms with Gasteiger partial charge in [-0.1, -0.05) is 15.9 Å². The van der Waals surface area contributed by atoms with Crippen LogP contribution in [0.25, 0.3) is 0 Å². The van der Waals surface area contributed by atoms with Crippen LogP contribution in [0, 0.1) is 0 Å². The highest BCUT2D eigenvalue weighted by Crippen LogP contribution is 2.10. The second-order valence-electron chi connectivity index (χ2n) is 2.19. The molecule has 0 aromatic carbocycles. The smallest absolute Gasteiger partial charge is 0.100 e. The maximum Gasteiger partial charge on any atom is 0.100 e. The molecule has 0 aromatic rings. The van der Waals surface area contributed by atoms with Crippen molar-refractivity contribution in [2.75, 3.05) is 18.5 Å². The van der Waals surface area contributed by atoms with Crippen LogP contribution >= 0.6 is 32.1 Å². The summed E-state index contributed by atoms with van der Waals surface area (Å²) in [5, 5.41) is 1.08. The summed E-state index contributed by atoms with van der Waals surface area (Å²) in [6.45, 7) is 2.09. The van der Waals surface area contributed by atoms with Gasteiger partial charge in [0.15, 0.2) is 0 Å². The lowest BCUT2D eigenvalue weighted by Gasteiger charge is -2.15. The van der Waals surface area contributed by atoms with Crippen LogP contribution in [-0.2, 0) is 0 Å². The first-order valence-corrected chi connectivity index (χ1v) is 5.07. The van der Waals surface area contributed by atoms with Crippen LogP contribution in [0.1, 0.15) is 6.42 Å². The van der Waals surface area contributed by atoms with Crippen LogP contribution in [0.3, 0.4) is 0 Å². The van der Waals surface area contributed by atoms with Crippen LogP contribution in [0.15, 0.2) is 12.4 Å². The molecule has 0 atom stereocenters. The van der Waals surface area contributed by atoms with Crippen molar-refractivity contribution >= 4 is 32.1 Å². The van der Waals surface area contributed by atoms with Crippen LogP contribution in [0.5, 0.6) is 0 Å².